The van der Waals surface area contributed by atoms with Crippen molar-refractivity contribution in [2.24, 2.45) is 0 Å². The first-order valence-corrected chi connectivity index (χ1v) is 5.91. The van der Waals surface area contributed by atoms with Gasteiger partial charge in [0.15, 0.2) is 0 Å². The lowest BCUT2D eigenvalue weighted by atomic mass is 10.1. The predicted molar refractivity (Wildman–Crippen MR) is 72.4 cm³/mol. The molecule has 0 aliphatic carbocycles. The van der Waals surface area contributed by atoms with E-state index in [4.69, 9.17) is 9.47 Å². The summed E-state index contributed by atoms with van der Waals surface area (Å²) in [7, 11) is 5.06. The number of methoxy groups -OCH3 is 2. The van der Waals surface area contributed by atoms with E-state index in [1.165, 1.54) is 12.7 Å². The summed E-state index contributed by atoms with van der Waals surface area (Å²) in [5, 5.41) is 1.95. The fraction of sp³-hybridized carbons (Fsp3) is 0.385. The highest BCUT2D eigenvalue weighted by atomic mass is 16.5. The fourth-order valence-corrected chi connectivity index (χ4v) is 1.81. The van der Waals surface area contributed by atoms with Gasteiger partial charge in [0.05, 0.1) is 25.5 Å². The van der Waals surface area contributed by atoms with Crippen LogP contribution in [0.25, 0.3) is 5.70 Å². The van der Waals surface area contributed by atoms with Crippen molar-refractivity contribution in [3.05, 3.63) is 29.1 Å². The van der Waals surface area contributed by atoms with Crippen molar-refractivity contribution >= 4 is 5.70 Å². The maximum Gasteiger partial charge on any atom is 0.319 e. The molecule has 1 aliphatic rings. The number of hydrogen-bond acceptors (Lipinski definition) is 6. The summed E-state index contributed by atoms with van der Waals surface area (Å²) in [4.78, 5) is 8.30. The summed E-state index contributed by atoms with van der Waals surface area (Å²) < 4.78 is 10.3. The Morgan fingerprint density at radius 3 is 2.53 bits per heavy atom. The fourth-order valence-electron chi connectivity index (χ4n) is 1.81. The van der Waals surface area contributed by atoms with Crippen molar-refractivity contribution in [2.45, 2.75) is 13.8 Å². The molecule has 2 rings (SSSR count). The summed E-state index contributed by atoms with van der Waals surface area (Å²) >= 11 is 0. The number of rotatable bonds is 3. The number of hydrazine groups is 1. The van der Waals surface area contributed by atoms with Crippen molar-refractivity contribution in [1.29, 1.82) is 0 Å². The molecule has 0 bridgehead atoms. The Balaban J connectivity index is 2.45. The molecular weight excluding hydrogens is 244 g/mol. The van der Waals surface area contributed by atoms with Crippen LogP contribution in [0, 0.1) is 0 Å². The quantitative estimate of drug-likeness (QED) is 0.892. The Hall–Kier alpha value is -2.24. The number of nitrogens with zero attached hydrogens (tertiary/aromatic N) is 3. The van der Waals surface area contributed by atoms with E-state index in [0.29, 0.717) is 5.88 Å². The minimum absolute atomic E-state index is 0.286. The van der Waals surface area contributed by atoms with E-state index in [0.717, 1.165) is 17.0 Å². The van der Waals surface area contributed by atoms with E-state index in [-0.39, 0.29) is 6.01 Å². The second-order valence-corrected chi connectivity index (χ2v) is 4.28. The van der Waals surface area contributed by atoms with E-state index >= 15 is 0 Å². The van der Waals surface area contributed by atoms with Crippen LogP contribution in [-0.2, 0) is 0 Å². The zero-order valence-electron chi connectivity index (χ0n) is 11.8. The normalized spacial score (nSPS) is 15.0. The molecule has 2 heterocycles. The van der Waals surface area contributed by atoms with Crippen LogP contribution in [0.4, 0.5) is 0 Å². The Kier molecular flexibility index (Phi) is 3.59. The smallest absolute Gasteiger partial charge is 0.319 e. The molecule has 0 fully saturated rings. The monoisotopic (exact) mass is 262 g/mol. The first-order valence-electron chi connectivity index (χ1n) is 5.91. The third-order valence-corrected chi connectivity index (χ3v) is 3.12. The molecule has 1 aliphatic heterocycles. The molecule has 0 unspecified atom stereocenters. The van der Waals surface area contributed by atoms with Gasteiger partial charge in [-0.1, -0.05) is 0 Å². The Morgan fingerprint density at radius 2 is 1.95 bits per heavy atom. The highest BCUT2D eigenvalue weighted by Crippen LogP contribution is 2.27. The number of aromatic nitrogens is 2. The van der Waals surface area contributed by atoms with Crippen LogP contribution in [0.15, 0.2) is 23.5 Å². The minimum Gasteiger partial charge on any atom is -0.480 e. The Morgan fingerprint density at radius 1 is 1.21 bits per heavy atom. The van der Waals surface area contributed by atoms with Crippen LogP contribution in [0.1, 0.15) is 19.4 Å². The molecule has 0 radical (unpaired) electrons. The summed E-state index contributed by atoms with van der Waals surface area (Å²) in [6, 6.07) is 0.286. The third-order valence-electron chi connectivity index (χ3n) is 3.12. The van der Waals surface area contributed by atoms with Crippen molar-refractivity contribution < 1.29 is 9.47 Å². The zero-order chi connectivity index (χ0) is 14.0. The van der Waals surface area contributed by atoms with E-state index in [2.05, 4.69) is 29.2 Å². The number of nitrogens with one attached hydrogen (secondary N) is 1. The van der Waals surface area contributed by atoms with Crippen LogP contribution < -0.4 is 14.9 Å². The highest BCUT2D eigenvalue weighted by Gasteiger charge is 2.18. The van der Waals surface area contributed by atoms with Crippen molar-refractivity contribution in [3.8, 4) is 11.9 Å². The van der Waals surface area contributed by atoms with Crippen LogP contribution in [0.2, 0.25) is 0 Å². The van der Waals surface area contributed by atoms with Crippen LogP contribution >= 0.6 is 0 Å². The maximum absolute atomic E-state index is 5.29. The summed E-state index contributed by atoms with van der Waals surface area (Å²) in [6.07, 6.45) is 3.73. The van der Waals surface area contributed by atoms with Gasteiger partial charge in [-0.2, -0.15) is 4.98 Å². The van der Waals surface area contributed by atoms with E-state index in [9.17, 15) is 0 Å². The average Bonchev–Trinajstić information content (AvgIpc) is 2.43. The first kappa shape index (κ1) is 13.2. The van der Waals surface area contributed by atoms with Gasteiger partial charge >= 0.3 is 6.01 Å². The van der Waals surface area contributed by atoms with Crippen molar-refractivity contribution in [3.63, 3.8) is 0 Å². The molecule has 0 aromatic carbocycles. The SMILES string of the molecule is COc1ncc(C2=CC(C)=C(C)N(C)N2)c(OC)n1. The average molecular weight is 262 g/mol. The van der Waals surface area contributed by atoms with E-state index < -0.39 is 0 Å². The molecule has 6 heteroatoms. The van der Waals surface area contributed by atoms with Gasteiger partial charge in [0.1, 0.15) is 0 Å². The highest BCUT2D eigenvalue weighted by molar-refractivity contribution is 5.70. The van der Waals surface area contributed by atoms with E-state index in [1.807, 2.05) is 18.1 Å². The van der Waals surface area contributed by atoms with Crippen LogP contribution in [0.5, 0.6) is 11.9 Å². The van der Waals surface area contributed by atoms with Crippen LogP contribution in [0.3, 0.4) is 0 Å². The lowest BCUT2D eigenvalue weighted by Gasteiger charge is -2.29. The molecule has 0 spiro atoms. The minimum atomic E-state index is 0.286. The molecule has 6 nitrogen and oxygen atoms in total. The van der Waals surface area contributed by atoms with E-state index in [1.54, 1.807) is 13.3 Å². The first-order chi connectivity index (χ1) is 9.06. The van der Waals surface area contributed by atoms with Crippen molar-refractivity contribution in [2.75, 3.05) is 21.3 Å². The van der Waals surface area contributed by atoms with Crippen LogP contribution in [-0.4, -0.2) is 36.2 Å². The van der Waals surface area contributed by atoms with Gasteiger partial charge < -0.3 is 9.47 Å². The molecule has 0 amide bonds. The van der Waals surface area contributed by atoms with Gasteiger partial charge in [-0.15, -0.1) is 0 Å². The third kappa shape index (κ3) is 2.47. The van der Waals surface area contributed by atoms with Crippen molar-refractivity contribution in [1.82, 2.24) is 20.4 Å². The lowest BCUT2D eigenvalue weighted by Crippen LogP contribution is -2.34. The second-order valence-electron chi connectivity index (χ2n) is 4.28. The van der Waals surface area contributed by atoms with Gasteiger partial charge in [0.2, 0.25) is 5.88 Å². The van der Waals surface area contributed by atoms with Gasteiger partial charge in [0, 0.05) is 18.9 Å². The summed E-state index contributed by atoms with van der Waals surface area (Å²) in [6.45, 7) is 4.11. The molecule has 102 valence electrons. The van der Waals surface area contributed by atoms with Gasteiger partial charge in [-0.3, -0.25) is 10.4 Å². The molecule has 0 saturated heterocycles. The Labute approximate surface area is 112 Å². The predicted octanol–water partition coefficient (Wildman–Crippen LogP) is 1.58. The molecule has 0 atom stereocenters. The second kappa shape index (κ2) is 5.17. The largest absolute Gasteiger partial charge is 0.480 e. The number of allylic oxidation sites excluding steroid dienone is 3. The topological polar surface area (TPSA) is 59.5 Å². The Bertz CT molecular complexity index is 552. The summed E-state index contributed by atoms with van der Waals surface area (Å²) in [5.41, 5.74) is 7.29. The zero-order valence-corrected chi connectivity index (χ0v) is 11.8. The molecule has 19 heavy (non-hydrogen) atoms. The molecule has 1 aromatic heterocycles. The summed E-state index contributed by atoms with van der Waals surface area (Å²) in [5.74, 6) is 0.478. The molecule has 1 N–H and O–H groups in total. The van der Waals surface area contributed by atoms with Gasteiger partial charge in [0.25, 0.3) is 0 Å². The number of ether oxygens (including phenoxy) is 2. The van der Waals surface area contributed by atoms with Gasteiger partial charge in [-0.25, -0.2) is 4.98 Å². The lowest BCUT2D eigenvalue weighted by molar-refractivity contribution is 0.342. The van der Waals surface area contributed by atoms with Gasteiger partial charge in [-0.05, 0) is 25.5 Å². The molecule has 1 aromatic rings. The molecular formula is C13H18N4O2. The molecule has 0 saturated carbocycles. The maximum atomic E-state index is 5.29. The number of hydrogen-bond donors (Lipinski definition) is 1. The standard InChI is InChI=1S/C13H18N4O2/c1-8-6-11(16-17(3)9(8)2)10-7-14-13(19-5)15-12(10)18-4/h6-7,16H,1-5H3.